The summed E-state index contributed by atoms with van der Waals surface area (Å²) < 4.78 is 12.9. The molecule has 1 unspecified atom stereocenters. The molecule has 1 amide bonds. The fourth-order valence-corrected chi connectivity index (χ4v) is 1.20. The molecule has 1 aromatic rings. The van der Waals surface area contributed by atoms with Gasteiger partial charge in [-0.2, -0.15) is 0 Å². The molecule has 3 nitrogen and oxygen atoms in total. The van der Waals surface area contributed by atoms with Crippen LogP contribution in [0.2, 0.25) is 0 Å². The molecule has 3 N–H and O–H groups in total. The maximum atomic E-state index is 12.9. The Balaban J connectivity index is 2.69. The van der Waals surface area contributed by atoms with Crippen LogP contribution < -0.4 is 11.1 Å². The number of carbonyl (C=O) groups is 1. The Morgan fingerprint density at radius 2 is 2.13 bits per heavy atom. The van der Waals surface area contributed by atoms with Crippen molar-refractivity contribution in [1.82, 2.24) is 5.32 Å². The van der Waals surface area contributed by atoms with E-state index in [1.54, 1.807) is 26.0 Å². The summed E-state index contributed by atoms with van der Waals surface area (Å²) in [6.07, 6.45) is 0. The molecule has 0 spiro atoms. The van der Waals surface area contributed by atoms with E-state index in [1.807, 2.05) is 0 Å². The smallest absolute Gasteiger partial charge is 0.237 e. The average molecular weight is 210 g/mol. The minimum atomic E-state index is -0.555. The normalized spacial score (nSPS) is 14.4. The number of rotatable bonds is 3. The fourth-order valence-electron chi connectivity index (χ4n) is 1.20. The second-order valence-corrected chi connectivity index (χ2v) is 3.57. The third-order valence-corrected chi connectivity index (χ3v) is 2.12. The van der Waals surface area contributed by atoms with Crippen molar-refractivity contribution in [2.45, 2.75) is 25.9 Å². The zero-order chi connectivity index (χ0) is 11.4. The van der Waals surface area contributed by atoms with Crippen molar-refractivity contribution >= 4 is 5.91 Å². The molecule has 4 heteroatoms. The van der Waals surface area contributed by atoms with Gasteiger partial charge in [-0.15, -0.1) is 0 Å². The van der Waals surface area contributed by atoms with Crippen molar-refractivity contribution in [3.8, 4) is 0 Å². The van der Waals surface area contributed by atoms with Crippen LogP contribution in [0.15, 0.2) is 24.3 Å². The molecule has 0 bridgehead atoms. The van der Waals surface area contributed by atoms with Gasteiger partial charge in [0.1, 0.15) is 5.82 Å². The van der Waals surface area contributed by atoms with Crippen LogP contribution in [0.5, 0.6) is 0 Å². The molecule has 0 saturated carbocycles. The van der Waals surface area contributed by atoms with Crippen LogP contribution >= 0.6 is 0 Å². The van der Waals surface area contributed by atoms with Gasteiger partial charge in [-0.05, 0) is 31.5 Å². The Kier molecular flexibility index (Phi) is 3.80. The molecular weight excluding hydrogens is 195 g/mol. The lowest BCUT2D eigenvalue weighted by atomic mass is 10.1. The highest BCUT2D eigenvalue weighted by atomic mass is 19.1. The summed E-state index contributed by atoms with van der Waals surface area (Å²) in [5.41, 5.74) is 6.13. The Hall–Kier alpha value is -1.42. The van der Waals surface area contributed by atoms with Gasteiger partial charge in [0.25, 0.3) is 0 Å². The maximum absolute atomic E-state index is 12.9. The van der Waals surface area contributed by atoms with E-state index in [9.17, 15) is 9.18 Å². The number of nitrogens with one attached hydrogen (secondary N) is 1. The van der Waals surface area contributed by atoms with Crippen LogP contribution in [0, 0.1) is 5.82 Å². The van der Waals surface area contributed by atoms with Crippen LogP contribution in [0.3, 0.4) is 0 Å². The lowest BCUT2D eigenvalue weighted by molar-refractivity contribution is -0.122. The zero-order valence-corrected chi connectivity index (χ0v) is 8.83. The number of hydrogen-bond acceptors (Lipinski definition) is 2. The molecule has 0 saturated heterocycles. The van der Waals surface area contributed by atoms with Gasteiger partial charge in [0.15, 0.2) is 0 Å². The zero-order valence-electron chi connectivity index (χ0n) is 8.83. The van der Waals surface area contributed by atoms with E-state index in [0.29, 0.717) is 0 Å². The van der Waals surface area contributed by atoms with Crippen LogP contribution in [0.25, 0.3) is 0 Å². The van der Waals surface area contributed by atoms with E-state index in [0.717, 1.165) is 5.56 Å². The number of carbonyl (C=O) groups excluding carboxylic acids is 1. The standard InChI is InChI=1S/C11H15FN2O/c1-7(13)11(15)14-8(2)9-4-3-5-10(12)6-9/h3-8H,13H2,1-2H3,(H,14,15)/t7-,8?/m1/s1. The first-order chi connectivity index (χ1) is 7.00. The van der Waals surface area contributed by atoms with E-state index in [4.69, 9.17) is 5.73 Å². The number of benzene rings is 1. The molecule has 1 aromatic carbocycles. The molecule has 0 aromatic heterocycles. The van der Waals surface area contributed by atoms with E-state index in [1.165, 1.54) is 12.1 Å². The molecule has 2 atom stereocenters. The van der Waals surface area contributed by atoms with Gasteiger partial charge in [0.2, 0.25) is 5.91 Å². The van der Waals surface area contributed by atoms with Crippen molar-refractivity contribution in [3.63, 3.8) is 0 Å². The predicted octanol–water partition coefficient (Wildman–Crippen LogP) is 1.35. The third kappa shape index (κ3) is 3.32. The summed E-state index contributed by atoms with van der Waals surface area (Å²) in [5, 5.41) is 2.69. The summed E-state index contributed by atoms with van der Waals surface area (Å²) in [7, 11) is 0. The van der Waals surface area contributed by atoms with Gasteiger partial charge in [0, 0.05) is 0 Å². The highest BCUT2D eigenvalue weighted by molar-refractivity contribution is 5.81. The van der Waals surface area contributed by atoms with Crippen LogP contribution in [-0.4, -0.2) is 11.9 Å². The molecule has 0 heterocycles. The first-order valence-electron chi connectivity index (χ1n) is 4.82. The quantitative estimate of drug-likeness (QED) is 0.791. The average Bonchev–Trinajstić information content (AvgIpc) is 2.17. The number of nitrogens with two attached hydrogens (primary N) is 1. The topological polar surface area (TPSA) is 55.1 Å². The molecule has 0 fully saturated rings. The molecule has 1 rings (SSSR count). The van der Waals surface area contributed by atoms with E-state index in [2.05, 4.69) is 5.32 Å². The van der Waals surface area contributed by atoms with Crippen LogP contribution in [0.1, 0.15) is 25.5 Å². The predicted molar refractivity (Wildman–Crippen MR) is 56.6 cm³/mol. The fraction of sp³-hybridized carbons (Fsp3) is 0.364. The van der Waals surface area contributed by atoms with Crippen molar-refractivity contribution < 1.29 is 9.18 Å². The Morgan fingerprint density at radius 1 is 1.47 bits per heavy atom. The molecule has 82 valence electrons. The van der Waals surface area contributed by atoms with E-state index in [-0.39, 0.29) is 17.8 Å². The van der Waals surface area contributed by atoms with Gasteiger partial charge in [-0.3, -0.25) is 4.79 Å². The lowest BCUT2D eigenvalue weighted by Gasteiger charge is -2.15. The Labute approximate surface area is 88.5 Å². The molecule has 0 aliphatic heterocycles. The molecule has 15 heavy (non-hydrogen) atoms. The summed E-state index contributed by atoms with van der Waals surface area (Å²) in [6.45, 7) is 3.39. The molecule has 0 aliphatic carbocycles. The largest absolute Gasteiger partial charge is 0.348 e. The lowest BCUT2D eigenvalue weighted by Crippen LogP contribution is -2.39. The third-order valence-electron chi connectivity index (χ3n) is 2.12. The summed E-state index contributed by atoms with van der Waals surface area (Å²) in [4.78, 5) is 11.3. The molecular formula is C11H15FN2O. The van der Waals surface area contributed by atoms with Gasteiger partial charge in [-0.1, -0.05) is 12.1 Å². The molecule has 0 aliphatic rings. The Morgan fingerprint density at radius 3 is 2.67 bits per heavy atom. The highest BCUT2D eigenvalue weighted by Crippen LogP contribution is 2.13. The van der Waals surface area contributed by atoms with Crippen LogP contribution in [-0.2, 0) is 4.79 Å². The van der Waals surface area contributed by atoms with Crippen molar-refractivity contribution in [2.75, 3.05) is 0 Å². The SMILES string of the molecule is CC(NC(=O)[C@@H](C)N)c1cccc(F)c1. The van der Waals surface area contributed by atoms with Gasteiger partial charge in [-0.25, -0.2) is 4.39 Å². The summed E-state index contributed by atoms with van der Waals surface area (Å²) in [5.74, 6) is -0.554. The maximum Gasteiger partial charge on any atom is 0.237 e. The van der Waals surface area contributed by atoms with E-state index >= 15 is 0 Å². The second kappa shape index (κ2) is 4.89. The van der Waals surface area contributed by atoms with Crippen molar-refractivity contribution in [1.29, 1.82) is 0 Å². The molecule has 0 radical (unpaired) electrons. The number of hydrogen-bond donors (Lipinski definition) is 2. The van der Waals surface area contributed by atoms with Gasteiger partial charge in [0.05, 0.1) is 12.1 Å². The minimum absolute atomic E-state index is 0.237. The van der Waals surface area contributed by atoms with Crippen molar-refractivity contribution in [3.05, 3.63) is 35.6 Å². The van der Waals surface area contributed by atoms with Crippen LogP contribution in [0.4, 0.5) is 4.39 Å². The van der Waals surface area contributed by atoms with Gasteiger partial charge >= 0.3 is 0 Å². The number of halogens is 1. The minimum Gasteiger partial charge on any atom is -0.348 e. The van der Waals surface area contributed by atoms with Gasteiger partial charge < -0.3 is 11.1 Å². The second-order valence-electron chi connectivity index (χ2n) is 3.57. The van der Waals surface area contributed by atoms with Crippen molar-refractivity contribution in [2.24, 2.45) is 5.73 Å². The Bertz CT molecular complexity index is 352. The first kappa shape index (κ1) is 11.7. The summed E-state index contributed by atoms with van der Waals surface area (Å²) >= 11 is 0. The monoisotopic (exact) mass is 210 g/mol. The number of amides is 1. The first-order valence-corrected chi connectivity index (χ1v) is 4.82. The summed E-state index contributed by atoms with van der Waals surface area (Å²) in [6, 6.07) is 5.34. The van der Waals surface area contributed by atoms with E-state index < -0.39 is 6.04 Å². The highest BCUT2D eigenvalue weighted by Gasteiger charge is 2.12.